The van der Waals surface area contributed by atoms with Crippen molar-refractivity contribution in [3.05, 3.63) is 59.2 Å². The summed E-state index contributed by atoms with van der Waals surface area (Å²) in [4.78, 5) is 20.2. The summed E-state index contributed by atoms with van der Waals surface area (Å²) in [6, 6.07) is 9.86. The first-order valence-electron chi connectivity index (χ1n) is 6.48. The average Bonchev–Trinajstić information content (AvgIpc) is 2.39. The number of nitrogens with zero attached hydrogens (tertiary/aromatic N) is 2. The van der Waals surface area contributed by atoms with Gasteiger partial charge in [0.05, 0.1) is 0 Å². The molecule has 98 valence electrons. The molecule has 1 heterocycles. The van der Waals surface area contributed by atoms with E-state index in [9.17, 15) is 4.79 Å². The van der Waals surface area contributed by atoms with E-state index in [1.165, 1.54) is 5.56 Å². The predicted octanol–water partition coefficient (Wildman–Crippen LogP) is 3.33. The van der Waals surface area contributed by atoms with Gasteiger partial charge in [-0.1, -0.05) is 38.1 Å². The molecule has 0 aliphatic rings. The standard InChI is InChI=1S/C16H18N2O/c1-11(2)14-6-4-13(5-7-14)10-16(19)15-8-9-17-12(3)18-15/h4-9,11H,10H2,1-3H3. The highest BCUT2D eigenvalue weighted by Gasteiger charge is 2.09. The fourth-order valence-electron chi connectivity index (χ4n) is 1.91. The zero-order valence-corrected chi connectivity index (χ0v) is 11.6. The van der Waals surface area contributed by atoms with Gasteiger partial charge in [-0.05, 0) is 30.0 Å². The molecule has 3 nitrogen and oxygen atoms in total. The third-order valence-electron chi connectivity index (χ3n) is 3.07. The van der Waals surface area contributed by atoms with Gasteiger partial charge in [-0.25, -0.2) is 9.97 Å². The van der Waals surface area contributed by atoms with Gasteiger partial charge in [0.15, 0.2) is 5.78 Å². The van der Waals surface area contributed by atoms with Gasteiger partial charge in [0, 0.05) is 12.6 Å². The molecular formula is C16H18N2O. The summed E-state index contributed by atoms with van der Waals surface area (Å²) in [5.74, 6) is 1.16. The third-order valence-corrected chi connectivity index (χ3v) is 3.07. The minimum absolute atomic E-state index is 0.0304. The first-order chi connectivity index (χ1) is 9.06. The highest BCUT2D eigenvalue weighted by molar-refractivity contribution is 5.95. The van der Waals surface area contributed by atoms with E-state index >= 15 is 0 Å². The molecule has 0 radical (unpaired) electrons. The molecule has 19 heavy (non-hydrogen) atoms. The maximum atomic E-state index is 12.1. The van der Waals surface area contributed by atoms with Crippen molar-refractivity contribution >= 4 is 5.78 Å². The van der Waals surface area contributed by atoms with Crippen LogP contribution in [0.15, 0.2) is 36.5 Å². The van der Waals surface area contributed by atoms with E-state index in [0.29, 0.717) is 23.9 Å². The molecule has 0 amide bonds. The highest BCUT2D eigenvalue weighted by atomic mass is 16.1. The molecule has 0 unspecified atom stereocenters. The number of carbonyl (C=O) groups is 1. The van der Waals surface area contributed by atoms with E-state index in [2.05, 4.69) is 35.9 Å². The van der Waals surface area contributed by atoms with Crippen LogP contribution in [0.1, 0.15) is 47.2 Å². The Morgan fingerprint density at radius 3 is 2.42 bits per heavy atom. The van der Waals surface area contributed by atoms with Crippen molar-refractivity contribution in [2.75, 3.05) is 0 Å². The molecule has 0 saturated carbocycles. The zero-order chi connectivity index (χ0) is 13.8. The predicted molar refractivity (Wildman–Crippen MR) is 75.3 cm³/mol. The lowest BCUT2D eigenvalue weighted by Gasteiger charge is -2.06. The molecule has 0 saturated heterocycles. The topological polar surface area (TPSA) is 42.9 Å². The van der Waals surface area contributed by atoms with Crippen molar-refractivity contribution in [1.82, 2.24) is 9.97 Å². The van der Waals surface area contributed by atoms with Gasteiger partial charge in [-0.2, -0.15) is 0 Å². The molecule has 0 atom stereocenters. The lowest BCUT2D eigenvalue weighted by molar-refractivity contribution is 0.0988. The van der Waals surface area contributed by atoms with E-state index in [1.54, 1.807) is 19.2 Å². The van der Waals surface area contributed by atoms with Crippen LogP contribution in [0.3, 0.4) is 0 Å². The summed E-state index contributed by atoms with van der Waals surface area (Å²) >= 11 is 0. The minimum atomic E-state index is 0.0304. The molecule has 3 heteroatoms. The van der Waals surface area contributed by atoms with Crippen LogP contribution in [0, 0.1) is 6.92 Å². The van der Waals surface area contributed by atoms with Gasteiger partial charge in [-0.15, -0.1) is 0 Å². The number of rotatable bonds is 4. The van der Waals surface area contributed by atoms with Crippen molar-refractivity contribution in [3.63, 3.8) is 0 Å². The minimum Gasteiger partial charge on any atom is -0.292 e. The Labute approximate surface area is 113 Å². The van der Waals surface area contributed by atoms with E-state index < -0.39 is 0 Å². The van der Waals surface area contributed by atoms with Crippen LogP contribution in [-0.4, -0.2) is 15.8 Å². The smallest absolute Gasteiger partial charge is 0.185 e. The van der Waals surface area contributed by atoms with Gasteiger partial charge >= 0.3 is 0 Å². The summed E-state index contributed by atoms with van der Waals surface area (Å²) < 4.78 is 0. The van der Waals surface area contributed by atoms with Crippen LogP contribution in [0.2, 0.25) is 0 Å². The van der Waals surface area contributed by atoms with E-state index in [0.717, 1.165) is 5.56 Å². The molecule has 1 aromatic heterocycles. The number of aromatic nitrogens is 2. The van der Waals surface area contributed by atoms with Crippen LogP contribution in [-0.2, 0) is 6.42 Å². The maximum absolute atomic E-state index is 12.1. The summed E-state index contributed by atoms with van der Waals surface area (Å²) in [5.41, 5.74) is 2.79. The first kappa shape index (κ1) is 13.4. The fraction of sp³-hybridized carbons (Fsp3) is 0.312. The van der Waals surface area contributed by atoms with Crippen molar-refractivity contribution in [3.8, 4) is 0 Å². The average molecular weight is 254 g/mol. The number of ketones is 1. The molecule has 0 N–H and O–H groups in total. The normalized spacial score (nSPS) is 10.7. The number of Topliss-reactive ketones (excluding diaryl/α,β-unsaturated/α-hetero) is 1. The van der Waals surface area contributed by atoms with Gasteiger partial charge in [-0.3, -0.25) is 4.79 Å². The Morgan fingerprint density at radius 1 is 1.16 bits per heavy atom. The van der Waals surface area contributed by atoms with E-state index in [-0.39, 0.29) is 5.78 Å². The van der Waals surface area contributed by atoms with Crippen LogP contribution >= 0.6 is 0 Å². The first-order valence-corrected chi connectivity index (χ1v) is 6.48. The van der Waals surface area contributed by atoms with Crippen molar-refractivity contribution in [2.45, 2.75) is 33.1 Å². The molecule has 0 fully saturated rings. The monoisotopic (exact) mass is 254 g/mol. The van der Waals surface area contributed by atoms with Gasteiger partial charge < -0.3 is 0 Å². The molecule has 0 bridgehead atoms. The van der Waals surface area contributed by atoms with Crippen LogP contribution < -0.4 is 0 Å². The number of hydrogen-bond donors (Lipinski definition) is 0. The molecular weight excluding hydrogens is 236 g/mol. The van der Waals surface area contributed by atoms with Gasteiger partial charge in [0.1, 0.15) is 11.5 Å². The summed E-state index contributed by atoms with van der Waals surface area (Å²) in [7, 11) is 0. The number of aryl methyl sites for hydroxylation is 1. The quantitative estimate of drug-likeness (QED) is 0.786. The Kier molecular flexibility index (Phi) is 4.05. The number of benzene rings is 1. The second-order valence-electron chi connectivity index (χ2n) is 4.99. The van der Waals surface area contributed by atoms with Crippen LogP contribution in [0.4, 0.5) is 0 Å². The van der Waals surface area contributed by atoms with Crippen molar-refractivity contribution in [1.29, 1.82) is 0 Å². The summed E-state index contributed by atoms with van der Waals surface area (Å²) in [6.07, 6.45) is 2.01. The maximum Gasteiger partial charge on any atom is 0.185 e. The summed E-state index contributed by atoms with van der Waals surface area (Å²) in [5, 5.41) is 0. The molecule has 0 spiro atoms. The lowest BCUT2D eigenvalue weighted by Crippen LogP contribution is -2.07. The fourth-order valence-corrected chi connectivity index (χ4v) is 1.91. The lowest BCUT2D eigenvalue weighted by atomic mass is 9.99. The Bertz CT molecular complexity index is 574. The Balaban J connectivity index is 2.10. The van der Waals surface area contributed by atoms with Crippen molar-refractivity contribution < 1.29 is 4.79 Å². The molecule has 2 aromatic rings. The van der Waals surface area contributed by atoms with E-state index in [4.69, 9.17) is 0 Å². The van der Waals surface area contributed by atoms with Crippen molar-refractivity contribution in [2.24, 2.45) is 0 Å². The third kappa shape index (κ3) is 3.47. The van der Waals surface area contributed by atoms with E-state index in [1.807, 2.05) is 12.1 Å². The molecule has 2 rings (SSSR count). The SMILES string of the molecule is Cc1nccc(C(=O)Cc2ccc(C(C)C)cc2)n1. The molecule has 0 aliphatic carbocycles. The number of hydrogen-bond acceptors (Lipinski definition) is 3. The highest BCUT2D eigenvalue weighted by Crippen LogP contribution is 2.15. The number of carbonyl (C=O) groups excluding carboxylic acids is 1. The molecule has 0 aliphatic heterocycles. The largest absolute Gasteiger partial charge is 0.292 e. The zero-order valence-electron chi connectivity index (χ0n) is 11.6. The second-order valence-corrected chi connectivity index (χ2v) is 4.99. The van der Waals surface area contributed by atoms with Gasteiger partial charge in [0.2, 0.25) is 0 Å². The second kappa shape index (κ2) is 5.74. The Morgan fingerprint density at radius 2 is 1.84 bits per heavy atom. The summed E-state index contributed by atoms with van der Waals surface area (Å²) in [6.45, 7) is 6.10. The van der Waals surface area contributed by atoms with Crippen LogP contribution in [0.5, 0.6) is 0 Å². The van der Waals surface area contributed by atoms with Gasteiger partial charge in [0.25, 0.3) is 0 Å². The molecule has 1 aromatic carbocycles. The Hall–Kier alpha value is -2.03. The van der Waals surface area contributed by atoms with Crippen LogP contribution in [0.25, 0.3) is 0 Å².